The Labute approximate surface area is 104 Å². The number of phenols is 1. The Kier molecular flexibility index (Phi) is 3.72. The van der Waals surface area contributed by atoms with Crippen LogP contribution in [0.4, 0.5) is 0 Å². The van der Waals surface area contributed by atoms with Gasteiger partial charge in [0.15, 0.2) is 0 Å². The number of phenolic OH excluding ortho intramolecular Hbond substituents is 1. The van der Waals surface area contributed by atoms with E-state index in [2.05, 4.69) is 31.9 Å². The molecule has 2 heteroatoms. The molecular formula is C15H23NO. The molecule has 0 fully saturated rings. The average Bonchev–Trinajstić information content (AvgIpc) is 2.35. The van der Waals surface area contributed by atoms with Gasteiger partial charge in [0.2, 0.25) is 0 Å². The lowest BCUT2D eigenvalue weighted by Crippen LogP contribution is -2.34. The Morgan fingerprint density at radius 3 is 2.94 bits per heavy atom. The van der Waals surface area contributed by atoms with E-state index in [-0.39, 0.29) is 0 Å². The minimum absolute atomic E-state index is 0.399. The summed E-state index contributed by atoms with van der Waals surface area (Å²) in [6.45, 7) is 4.52. The van der Waals surface area contributed by atoms with Gasteiger partial charge in [-0.3, -0.25) is 4.90 Å². The van der Waals surface area contributed by atoms with Crippen molar-refractivity contribution in [2.75, 3.05) is 7.05 Å². The number of aromatic hydroxyl groups is 1. The van der Waals surface area contributed by atoms with Gasteiger partial charge in [0.1, 0.15) is 5.75 Å². The van der Waals surface area contributed by atoms with Crippen LogP contribution in [0.3, 0.4) is 0 Å². The maximum atomic E-state index is 9.55. The van der Waals surface area contributed by atoms with Crippen molar-refractivity contribution in [3.63, 3.8) is 0 Å². The molecule has 0 saturated heterocycles. The van der Waals surface area contributed by atoms with Crippen molar-refractivity contribution in [2.45, 2.75) is 51.6 Å². The number of fused-ring (bicyclic) bond motifs is 1. The first-order valence-electron chi connectivity index (χ1n) is 6.67. The van der Waals surface area contributed by atoms with Crippen LogP contribution in [-0.4, -0.2) is 23.1 Å². The molecule has 0 saturated carbocycles. The normalized spacial score (nSPS) is 21.3. The van der Waals surface area contributed by atoms with Gasteiger partial charge in [-0.05, 0) is 62.9 Å². The first kappa shape index (κ1) is 12.4. The summed E-state index contributed by atoms with van der Waals surface area (Å²) in [5.41, 5.74) is 2.74. The Morgan fingerprint density at radius 1 is 1.47 bits per heavy atom. The number of nitrogens with zero attached hydrogens (tertiary/aromatic N) is 1. The Hall–Kier alpha value is -1.02. The van der Waals surface area contributed by atoms with E-state index < -0.39 is 0 Å². The zero-order valence-electron chi connectivity index (χ0n) is 11.1. The lowest BCUT2D eigenvalue weighted by atomic mass is 9.86. The van der Waals surface area contributed by atoms with Gasteiger partial charge in [0.05, 0.1) is 0 Å². The zero-order valence-corrected chi connectivity index (χ0v) is 11.1. The largest absolute Gasteiger partial charge is 0.508 e. The minimum atomic E-state index is 0.399. The molecule has 0 bridgehead atoms. The van der Waals surface area contributed by atoms with E-state index in [9.17, 15) is 5.11 Å². The third-order valence-corrected chi connectivity index (χ3v) is 4.19. The van der Waals surface area contributed by atoms with Crippen molar-refractivity contribution < 1.29 is 5.11 Å². The van der Waals surface area contributed by atoms with Crippen molar-refractivity contribution in [1.82, 2.24) is 4.90 Å². The molecule has 0 heterocycles. The fourth-order valence-electron chi connectivity index (χ4n) is 2.79. The molecule has 1 aromatic carbocycles. The number of hydrogen-bond donors (Lipinski definition) is 1. The average molecular weight is 233 g/mol. The third kappa shape index (κ3) is 2.47. The van der Waals surface area contributed by atoms with Crippen LogP contribution >= 0.6 is 0 Å². The smallest absolute Gasteiger partial charge is 0.115 e. The number of hydrogen-bond acceptors (Lipinski definition) is 2. The van der Waals surface area contributed by atoms with Crippen LogP contribution in [0.1, 0.15) is 50.3 Å². The maximum Gasteiger partial charge on any atom is 0.115 e. The van der Waals surface area contributed by atoms with Gasteiger partial charge in [-0.2, -0.15) is 0 Å². The highest BCUT2D eigenvalue weighted by atomic mass is 16.3. The molecule has 1 aromatic rings. The lowest BCUT2D eigenvalue weighted by Gasteiger charge is -2.36. The number of aryl methyl sites for hydroxylation is 1. The third-order valence-electron chi connectivity index (χ3n) is 4.19. The summed E-state index contributed by atoms with van der Waals surface area (Å²) >= 11 is 0. The van der Waals surface area contributed by atoms with Gasteiger partial charge in [0.25, 0.3) is 0 Å². The molecule has 2 atom stereocenters. The van der Waals surface area contributed by atoms with Crippen molar-refractivity contribution in [3.05, 3.63) is 29.3 Å². The van der Waals surface area contributed by atoms with Crippen LogP contribution in [0, 0.1) is 0 Å². The van der Waals surface area contributed by atoms with Crippen molar-refractivity contribution in [3.8, 4) is 5.75 Å². The van der Waals surface area contributed by atoms with Gasteiger partial charge < -0.3 is 5.11 Å². The summed E-state index contributed by atoms with van der Waals surface area (Å²) in [6, 6.07) is 7.00. The van der Waals surface area contributed by atoms with E-state index in [4.69, 9.17) is 0 Å². The monoisotopic (exact) mass is 233 g/mol. The Bertz CT molecular complexity index is 389. The molecule has 0 spiro atoms. The Morgan fingerprint density at radius 2 is 2.24 bits per heavy atom. The SMILES string of the molecule is CCC(C)N(C)C1CCCc2cc(O)ccc21. The van der Waals surface area contributed by atoms with Crippen LogP contribution in [0.15, 0.2) is 18.2 Å². The number of rotatable bonds is 3. The molecule has 0 aliphatic heterocycles. The molecular weight excluding hydrogens is 210 g/mol. The van der Waals surface area contributed by atoms with E-state index >= 15 is 0 Å². The quantitative estimate of drug-likeness (QED) is 0.863. The summed E-state index contributed by atoms with van der Waals surface area (Å²) in [6.07, 6.45) is 4.75. The highest BCUT2D eigenvalue weighted by Gasteiger charge is 2.25. The van der Waals surface area contributed by atoms with E-state index in [1.165, 1.54) is 30.4 Å². The molecule has 0 amide bonds. The molecule has 2 nitrogen and oxygen atoms in total. The van der Waals surface area contributed by atoms with E-state index in [1.54, 1.807) is 0 Å². The van der Waals surface area contributed by atoms with Crippen LogP contribution in [0.2, 0.25) is 0 Å². The standard InChI is InChI=1S/C15H23NO/c1-4-11(2)16(3)15-7-5-6-12-10-13(17)8-9-14(12)15/h8-11,15,17H,4-7H2,1-3H3. The second-order valence-corrected chi connectivity index (χ2v) is 5.21. The fraction of sp³-hybridized carbons (Fsp3) is 0.600. The van der Waals surface area contributed by atoms with Crippen molar-refractivity contribution >= 4 is 0 Å². The van der Waals surface area contributed by atoms with Crippen molar-refractivity contribution in [2.24, 2.45) is 0 Å². The zero-order chi connectivity index (χ0) is 12.4. The number of benzene rings is 1. The maximum absolute atomic E-state index is 9.55. The van der Waals surface area contributed by atoms with Crippen molar-refractivity contribution in [1.29, 1.82) is 0 Å². The van der Waals surface area contributed by atoms with Crippen LogP contribution in [-0.2, 0) is 6.42 Å². The van der Waals surface area contributed by atoms with Crippen LogP contribution in [0.5, 0.6) is 5.75 Å². The fourth-order valence-corrected chi connectivity index (χ4v) is 2.79. The molecule has 1 aliphatic carbocycles. The summed E-state index contributed by atoms with van der Waals surface area (Å²) in [5, 5.41) is 9.55. The highest BCUT2D eigenvalue weighted by Crippen LogP contribution is 2.36. The second-order valence-electron chi connectivity index (χ2n) is 5.21. The summed E-state index contributed by atoms with van der Waals surface area (Å²) in [7, 11) is 2.22. The molecule has 2 rings (SSSR count). The molecule has 1 N–H and O–H groups in total. The molecule has 1 aliphatic rings. The van der Waals surface area contributed by atoms with E-state index in [0.29, 0.717) is 17.8 Å². The van der Waals surface area contributed by atoms with E-state index in [0.717, 1.165) is 6.42 Å². The Balaban J connectivity index is 2.28. The second kappa shape index (κ2) is 5.09. The molecule has 2 unspecified atom stereocenters. The lowest BCUT2D eigenvalue weighted by molar-refractivity contribution is 0.163. The highest BCUT2D eigenvalue weighted by molar-refractivity contribution is 5.38. The molecule has 94 valence electrons. The topological polar surface area (TPSA) is 23.5 Å². The van der Waals surface area contributed by atoms with Crippen LogP contribution in [0.25, 0.3) is 0 Å². The minimum Gasteiger partial charge on any atom is -0.508 e. The van der Waals surface area contributed by atoms with Crippen LogP contribution < -0.4 is 0 Å². The predicted octanol–water partition coefficient (Wildman–Crippen LogP) is 3.50. The van der Waals surface area contributed by atoms with E-state index in [1.807, 2.05) is 12.1 Å². The van der Waals surface area contributed by atoms with Gasteiger partial charge in [0, 0.05) is 12.1 Å². The summed E-state index contributed by atoms with van der Waals surface area (Å²) < 4.78 is 0. The first-order chi connectivity index (χ1) is 8.13. The molecule has 0 radical (unpaired) electrons. The van der Waals surface area contributed by atoms with Gasteiger partial charge >= 0.3 is 0 Å². The van der Waals surface area contributed by atoms with Gasteiger partial charge in [-0.1, -0.05) is 13.0 Å². The summed E-state index contributed by atoms with van der Waals surface area (Å²) in [5.74, 6) is 0.399. The van der Waals surface area contributed by atoms with Gasteiger partial charge in [-0.25, -0.2) is 0 Å². The molecule has 0 aromatic heterocycles. The summed E-state index contributed by atoms with van der Waals surface area (Å²) in [4.78, 5) is 2.48. The van der Waals surface area contributed by atoms with Gasteiger partial charge in [-0.15, -0.1) is 0 Å². The first-order valence-corrected chi connectivity index (χ1v) is 6.67. The predicted molar refractivity (Wildman–Crippen MR) is 71.3 cm³/mol. The molecule has 17 heavy (non-hydrogen) atoms.